The minimum absolute atomic E-state index is 0.0140. The van der Waals surface area contributed by atoms with E-state index in [2.05, 4.69) is 10.1 Å². The minimum atomic E-state index is -4.53. The van der Waals surface area contributed by atoms with E-state index >= 15 is 0 Å². The van der Waals surface area contributed by atoms with E-state index in [1.54, 1.807) is 36.4 Å². The van der Waals surface area contributed by atoms with Crippen LogP contribution in [0.5, 0.6) is 5.75 Å². The van der Waals surface area contributed by atoms with E-state index in [0.717, 1.165) is 16.8 Å². The molecule has 0 spiro atoms. The highest BCUT2D eigenvalue weighted by Gasteiger charge is 2.30. The summed E-state index contributed by atoms with van der Waals surface area (Å²) in [7, 11) is 0. The van der Waals surface area contributed by atoms with E-state index in [1.807, 2.05) is 0 Å². The van der Waals surface area contributed by atoms with Crippen molar-refractivity contribution in [3.05, 3.63) is 94.3 Å². The van der Waals surface area contributed by atoms with Crippen LogP contribution in [0.15, 0.2) is 82.7 Å². The fourth-order valence-corrected chi connectivity index (χ4v) is 2.94. The predicted molar refractivity (Wildman–Crippen MR) is 108 cm³/mol. The summed E-state index contributed by atoms with van der Waals surface area (Å²) in [6.07, 6.45) is -3.16. The third-order valence-corrected chi connectivity index (χ3v) is 4.42. The maximum Gasteiger partial charge on any atom is 0.416 e. The van der Waals surface area contributed by atoms with Gasteiger partial charge in [0.05, 0.1) is 22.7 Å². The van der Waals surface area contributed by atoms with E-state index in [0.29, 0.717) is 11.1 Å². The molecule has 1 aromatic heterocycles. The zero-order chi connectivity index (χ0) is 21.3. The van der Waals surface area contributed by atoms with Gasteiger partial charge in [0, 0.05) is 5.56 Å². The first-order chi connectivity index (χ1) is 14.3. The molecule has 1 N–H and O–H groups in total. The summed E-state index contributed by atoms with van der Waals surface area (Å²) in [5, 5.41) is 13.9. The van der Waals surface area contributed by atoms with Crippen LogP contribution in [0.4, 0.5) is 13.2 Å². The molecule has 0 radical (unpaired) electrons. The van der Waals surface area contributed by atoms with E-state index in [1.165, 1.54) is 30.5 Å². The minimum Gasteiger partial charge on any atom is -0.508 e. The zero-order valence-corrected chi connectivity index (χ0v) is 15.3. The van der Waals surface area contributed by atoms with Gasteiger partial charge in [-0.1, -0.05) is 24.3 Å². The molecule has 0 saturated heterocycles. The number of aromatic nitrogens is 2. The van der Waals surface area contributed by atoms with Crippen molar-refractivity contribution in [3.8, 4) is 17.1 Å². The molecule has 0 atom stereocenters. The molecule has 0 saturated carbocycles. The average molecular weight is 409 g/mol. The van der Waals surface area contributed by atoms with Gasteiger partial charge in [-0.3, -0.25) is 4.79 Å². The van der Waals surface area contributed by atoms with Gasteiger partial charge in [-0.25, -0.2) is 4.98 Å². The highest BCUT2D eigenvalue weighted by atomic mass is 19.4. The van der Waals surface area contributed by atoms with Crippen LogP contribution in [0.2, 0.25) is 0 Å². The number of aromatic hydroxyl groups is 1. The Kier molecular flexibility index (Phi) is 4.83. The number of nitrogens with zero attached hydrogens (tertiary/aromatic N) is 3. The van der Waals surface area contributed by atoms with Crippen molar-refractivity contribution >= 4 is 17.1 Å². The number of fused-ring (bicyclic) bond motifs is 1. The first-order valence-corrected chi connectivity index (χ1v) is 8.86. The van der Waals surface area contributed by atoms with Crippen LogP contribution < -0.4 is 5.56 Å². The fraction of sp³-hybridized carbons (Fsp3) is 0.0455. The van der Waals surface area contributed by atoms with E-state index < -0.39 is 17.3 Å². The van der Waals surface area contributed by atoms with Crippen LogP contribution in [-0.4, -0.2) is 21.0 Å². The first-order valence-electron chi connectivity index (χ1n) is 8.86. The summed E-state index contributed by atoms with van der Waals surface area (Å²) in [4.78, 5) is 17.4. The van der Waals surface area contributed by atoms with Gasteiger partial charge in [-0.05, 0) is 54.1 Å². The van der Waals surface area contributed by atoms with Gasteiger partial charge in [0.1, 0.15) is 5.75 Å². The van der Waals surface area contributed by atoms with E-state index in [4.69, 9.17) is 0 Å². The summed E-state index contributed by atoms with van der Waals surface area (Å²) in [6.45, 7) is 0. The molecular formula is C22H14F3N3O2. The summed E-state index contributed by atoms with van der Waals surface area (Å²) in [6, 6.07) is 17.2. The van der Waals surface area contributed by atoms with Gasteiger partial charge in [-0.15, -0.1) is 0 Å². The number of para-hydroxylation sites is 1. The summed E-state index contributed by atoms with van der Waals surface area (Å²) in [5.41, 5.74) is -0.316. The second-order valence-electron chi connectivity index (χ2n) is 6.48. The highest BCUT2D eigenvalue weighted by Crippen LogP contribution is 2.31. The van der Waals surface area contributed by atoms with Crippen molar-refractivity contribution < 1.29 is 18.3 Å². The van der Waals surface area contributed by atoms with Crippen molar-refractivity contribution in [3.63, 3.8) is 0 Å². The summed E-state index contributed by atoms with van der Waals surface area (Å²) in [5.74, 6) is 0.0566. The Labute approximate surface area is 168 Å². The Morgan fingerprint density at radius 3 is 2.43 bits per heavy atom. The Balaban J connectivity index is 1.93. The third-order valence-electron chi connectivity index (χ3n) is 4.42. The van der Waals surface area contributed by atoms with Gasteiger partial charge in [0.25, 0.3) is 5.56 Å². The maximum absolute atomic E-state index is 13.2. The second-order valence-corrected chi connectivity index (χ2v) is 6.48. The highest BCUT2D eigenvalue weighted by molar-refractivity contribution is 5.82. The van der Waals surface area contributed by atoms with Gasteiger partial charge in [0.15, 0.2) is 5.82 Å². The topological polar surface area (TPSA) is 67.5 Å². The molecule has 0 aliphatic carbocycles. The zero-order valence-electron chi connectivity index (χ0n) is 15.3. The van der Waals surface area contributed by atoms with Crippen LogP contribution in [-0.2, 0) is 6.18 Å². The lowest BCUT2D eigenvalue weighted by molar-refractivity contribution is -0.137. The lowest BCUT2D eigenvalue weighted by atomic mass is 10.1. The number of benzene rings is 3. The van der Waals surface area contributed by atoms with Gasteiger partial charge >= 0.3 is 6.18 Å². The molecule has 0 unspecified atom stereocenters. The fourth-order valence-electron chi connectivity index (χ4n) is 2.94. The number of hydrogen-bond acceptors (Lipinski definition) is 4. The van der Waals surface area contributed by atoms with Gasteiger partial charge in [0.2, 0.25) is 0 Å². The molecule has 1 heterocycles. The molecular weight excluding hydrogens is 395 g/mol. The quantitative estimate of drug-likeness (QED) is 0.500. The van der Waals surface area contributed by atoms with Crippen molar-refractivity contribution in [1.29, 1.82) is 0 Å². The molecule has 0 fully saturated rings. The molecule has 4 rings (SSSR count). The summed E-state index contributed by atoms with van der Waals surface area (Å²) < 4.78 is 40.5. The lowest BCUT2D eigenvalue weighted by Gasteiger charge is -2.12. The number of phenolic OH excluding ortho intramolecular Hbond substituents is 1. The molecule has 0 bridgehead atoms. The molecule has 0 aliphatic rings. The Bertz CT molecular complexity index is 1310. The standard InChI is InChI=1S/C22H14F3N3O2/c23-22(24,25)16-5-3-4-15(12-16)20-27-19-7-2-1-6-18(19)21(30)28(20)26-13-14-8-10-17(29)11-9-14/h1-13,29H. The molecule has 5 nitrogen and oxygen atoms in total. The summed E-state index contributed by atoms with van der Waals surface area (Å²) >= 11 is 0. The number of rotatable bonds is 3. The molecule has 8 heteroatoms. The molecule has 150 valence electrons. The van der Waals surface area contributed by atoms with Crippen LogP contribution in [0, 0.1) is 0 Å². The predicted octanol–water partition coefficient (Wildman–Crippen LogP) is 4.67. The largest absolute Gasteiger partial charge is 0.508 e. The van der Waals surface area contributed by atoms with Gasteiger partial charge in [-0.2, -0.15) is 22.9 Å². The monoisotopic (exact) mass is 409 g/mol. The normalized spacial score (nSPS) is 12.0. The van der Waals surface area contributed by atoms with Crippen LogP contribution in [0.25, 0.3) is 22.3 Å². The Morgan fingerprint density at radius 1 is 0.967 bits per heavy atom. The maximum atomic E-state index is 13.2. The van der Waals surface area contributed by atoms with Crippen LogP contribution in [0.1, 0.15) is 11.1 Å². The lowest BCUT2D eigenvalue weighted by Crippen LogP contribution is -2.20. The number of hydrogen-bond donors (Lipinski definition) is 1. The van der Waals surface area contributed by atoms with Gasteiger partial charge < -0.3 is 5.11 Å². The number of halogens is 3. The molecule has 0 aliphatic heterocycles. The Morgan fingerprint density at radius 2 is 1.70 bits per heavy atom. The van der Waals surface area contributed by atoms with Crippen molar-refractivity contribution in [2.45, 2.75) is 6.18 Å². The van der Waals surface area contributed by atoms with E-state index in [-0.39, 0.29) is 22.5 Å². The van der Waals surface area contributed by atoms with Crippen molar-refractivity contribution in [2.24, 2.45) is 5.10 Å². The molecule has 4 aromatic rings. The third kappa shape index (κ3) is 3.80. The van der Waals surface area contributed by atoms with Crippen LogP contribution >= 0.6 is 0 Å². The van der Waals surface area contributed by atoms with Crippen LogP contribution in [0.3, 0.4) is 0 Å². The van der Waals surface area contributed by atoms with Crippen molar-refractivity contribution in [1.82, 2.24) is 9.66 Å². The molecule has 0 amide bonds. The average Bonchev–Trinajstić information content (AvgIpc) is 2.74. The Hall–Kier alpha value is -3.94. The first kappa shape index (κ1) is 19.4. The number of phenols is 1. The smallest absolute Gasteiger partial charge is 0.416 e. The molecule has 30 heavy (non-hydrogen) atoms. The molecule has 3 aromatic carbocycles. The number of alkyl halides is 3. The second kappa shape index (κ2) is 7.47. The van der Waals surface area contributed by atoms with E-state index in [9.17, 15) is 23.1 Å². The SMILES string of the molecule is O=c1c2ccccc2nc(-c2cccc(C(F)(F)F)c2)n1N=Cc1ccc(O)cc1. The van der Waals surface area contributed by atoms with Crippen molar-refractivity contribution in [2.75, 3.05) is 0 Å².